The largest absolute Gasteiger partial charge is 0.324 e. The minimum absolute atomic E-state index is 0.0531. The van der Waals surface area contributed by atoms with Crippen molar-refractivity contribution in [1.29, 1.82) is 0 Å². The maximum atomic E-state index is 12.5. The van der Waals surface area contributed by atoms with Crippen LogP contribution in [0.2, 0.25) is 0 Å². The van der Waals surface area contributed by atoms with Crippen molar-refractivity contribution in [3.63, 3.8) is 0 Å². The summed E-state index contributed by atoms with van der Waals surface area (Å²) in [7, 11) is 4.06. The standard InChI is InChI=1S/C19H28N6O/c1-23(2)12-13-25-11-7-18(22-25)21-19(26)24-9-5-16(6-10-24)14-17-4-3-8-20-15-17/h3-4,7-8,11,15-16H,5-6,9-10,12-14H2,1-2H3,(H,21,22,26). The van der Waals surface area contributed by atoms with Crippen molar-refractivity contribution in [2.75, 3.05) is 39.0 Å². The van der Waals surface area contributed by atoms with Crippen molar-refractivity contribution < 1.29 is 4.79 Å². The molecule has 3 rings (SSSR count). The van der Waals surface area contributed by atoms with Gasteiger partial charge < -0.3 is 9.80 Å². The van der Waals surface area contributed by atoms with Crippen LogP contribution in [0.1, 0.15) is 18.4 Å². The van der Waals surface area contributed by atoms with Gasteiger partial charge in [-0.05, 0) is 50.9 Å². The van der Waals surface area contributed by atoms with E-state index in [1.54, 1.807) is 6.20 Å². The number of likely N-dealkylation sites (tertiary alicyclic amines) is 1. The molecule has 2 aromatic heterocycles. The minimum Gasteiger partial charge on any atom is -0.324 e. The molecule has 0 saturated carbocycles. The molecule has 0 radical (unpaired) electrons. The van der Waals surface area contributed by atoms with Crippen LogP contribution in [0.15, 0.2) is 36.8 Å². The second kappa shape index (κ2) is 8.80. The number of nitrogens with one attached hydrogen (secondary N) is 1. The van der Waals surface area contributed by atoms with Gasteiger partial charge in [-0.1, -0.05) is 6.07 Å². The van der Waals surface area contributed by atoms with Gasteiger partial charge in [0, 0.05) is 44.3 Å². The van der Waals surface area contributed by atoms with Gasteiger partial charge >= 0.3 is 6.03 Å². The smallest absolute Gasteiger partial charge is 0.323 e. The first-order chi connectivity index (χ1) is 12.6. The number of piperidine rings is 1. The van der Waals surface area contributed by atoms with Gasteiger partial charge in [0.1, 0.15) is 0 Å². The molecule has 1 aliphatic rings. The summed E-state index contributed by atoms with van der Waals surface area (Å²) in [6.07, 6.45) is 8.74. The Bertz CT molecular complexity index is 691. The van der Waals surface area contributed by atoms with Crippen molar-refractivity contribution in [2.24, 2.45) is 5.92 Å². The van der Waals surface area contributed by atoms with Gasteiger partial charge in [-0.25, -0.2) is 4.79 Å². The summed E-state index contributed by atoms with van der Waals surface area (Å²) in [6.45, 7) is 3.30. The predicted octanol–water partition coefficient (Wildman–Crippen LogP) is 2.33. The van der Waals surface area contributed by atoms with Gasteiger partial charge in [-0.2, -0.15) is 5.10 Å². The Morgan fingerprint density at radius 1 is 1.31 bits per heavy atom. The maximum Gasteiger partial charge on any atom is 0.323 e. The topological polar surface area (TPSA) is 66.3 Å². The van der Waals surface area contributed by atoms with E-state index in [2.05, 4.69) is 26.4 Å². The van der Waals surface area contributed by atoms with E-state index >= 15 is 0 Å². The number of hydrogen-bond donors (Lipinski definition) is 1. The van der Waals surface area contributed by atoms with Gasteiger partial charge in [-0.15, -0.1) is 0 Å². The van der Waals surface area contributed by atoms with E-state index < -0.39 is 0 Å². The summed E-state index contributed by atoms with van der Waals surface area (Å²) < 4.78 is 1.86. The Morgan fingerprint density at radius 3 is 2.81 bits per heavy atom. The molecule has 140 valence electrons. The predicted molar refractivity (Wildman–Crippen MR) is 102 cm³/mol. The Hall–Kier alpha value is -2.41. The molecule has 3 heterocycles. The van der Waals surface area contributed by atoms with Crippen LogP contribution in [0.4, 0.5) is 10.6 Å². The van der Waals surface area contributed by atoms with E-state index in [4.69, 9.17) is 0 Å². The average molecular weight is 356 g/mol. The highest BCUT2D eigenvalue weighted by atomic mass is 16.2. The van der Waals surface area contributed by atoms with Crippen LogP contribution < -0.4 is 5.32 Å². The Labute approximate surface area is 155 Å². The molecule has 1 aliphatic heterocycles. The van der Waals surface area contributed by atoms with Crippen molar-refractivity contribution in [2.45, 2.75) is 25.8 Å². The number of nitrogens with zero attached hydrogens (tertiary/aromatic N) is 5. The SMILES string of the molecule is CN(C)CCn1ccc(NC(=O)N2CCC(Cc3cccnc3)CC2)n1. The van der Waals surface area contributed by atoms with Gasteiger partial charge in [0.2, 0.25) is 0 Å². The van der Waals surface area contributed by atoms with E-state index in [1.807, 2.05) is 48.2 Å². The zero-order chi connectivity index (χ0) is 18.4. The lowest BCUT2D eigenvalue weighted by Gasteiger charge is -2.31. The normalized spacial score (nSPS) is 15.4. The van der Waals surface area contributed by atoms with Crippen LogP contribution in [0.3, 0.4) is 0 Å². The highest BCUT2D eigenvalue weighted by molar-refractivity contribution is 5.88. The van der Waals surface area contributed by atoms with Crippen molar-refractivity contribution in [1.82, 2.24) is 24.6 Å². The number of anilines is 1. The van der Waals surface area contributed by atoms with E-state index in [-0.39, 0.29) is 6.03 Å². The van der Waals surface area contributed by atoms with Gasteiger partial charge in [0.25, 0.3) is 0 Å². The highest BCUT2D eigenvalue weighted by Gasteiger charge is 2.23. The molecule has 0 aliphatic carbocycles. The molecule has 7 heteroatoms. The highest BCUT2D eigenvalue weighted by Crippen LogP contribution is 2.21. The van der Waals surface area contributed by atoms with Crippen LogP contribution in [-0.2, 0) is 13.0 Å². The summed E-state index contributed by atoms with van der Waals surface area (Å²) in [5, 5.41) is 7.33. The lowest BCUT2D eigenvalue weighted by atomic mass is 9.91. The number of pyridine rings is 1. The summed E-state index contributed by atoms with van der Waals surface area (Å²) >= 11 is 0. The second-order valence-electron chi connectivity index (χ2n) is 7.19. The average Bonchev–Trinajstić information content (AvgIpc) is 3.09. The number of likely N-dealkylation sites (N-methyl/N-ethyl adjacent to an activating group) is 1. The molecule has 0 bridgehead atoms. The second-order valence-corrected chi connectivity index (χ2v) is 7.19. The lowest BCUT2D eigenvalue weighted by Crippen LogP contribution is -2.41. The van der Waals surface area contributed by atoms with Gasteiger partial charge in [-0.3, -0.25) is 15.0 Å². The lowest BCUT2D eigenvalue weighted by molar-refractivity contribution is 0.182. The third-order valence-electron chi connectivity index (χ3n) is 4.80. The number of carbonyl (C=O) groups excluding carboxylic acids is 1. The molecule has 0 spiro atoms. The van der Waals surface area contributed by atoms with E-state index in [0.717, 1.165) is 45.4 Å². The molecule has 2 amide bonds. The van der Waals surface area contributed by atoms with Crippen LogP contribution in [0, 0.1) is 5.92 Å². The van der Waals surface area contributed by atoms with E-state index in [9.17, 15) is 4.79 Å². The molecule has 1 fully saturated rings. The number of carbonyl (C=O) groups is 1. The quantitative estimate of drug-likeness (QED) is 0.863. The molecular formula is C19H28N6O. The van der Waals surface area contributed by atoms with Gasteiger partial charge in [0.05, 0.1) is 6.54 Å². The number of hydrogen-bond acceptors (Lipinski definition) is 4. The minimum atomic E-state index is -0.0531. The molecule has 0 unspecified atom stereocenters. The fourth-order valence-electron chi connectivity index (χ4n) is 3.24. The summed E-state index contributed by atoms with van der Waals surface area (Å²) in [6, 6.07) is 5.90. The third kappa shape index (κ3) is 5.29. The zero-order valence-electron chi connectivity index (χ0n) is 15.6. The van der Waals surface area contributed by atoms with E-state index in [0.29, 0.717) is 11.7 Å². The molecule has 1 saturated heterocycles. The Kier molecular flexibility index (Phi) is 6.22. The number of rotatable bonds is 6. The Balaban J connectivity index is 1.43. The Morgan fingerprint density at radius 2 is 2.12 bits per heavy atom. The van der Waals surface area contributed by atoms with Crippen molar-refractivity contribution in [3.8, 4) is 0 Å². The fraction of sp³-hybridized carbons (Fsp3) is 0.526. The van der Waals surface area contributed by atoms with Crippen LogP contribution >= 0.6 is 0 Å². The molecule has 0 aromatic carbocycles. The van der Waals surface area contributed by atoms with E-state index in [1.165, 1.54) is 5.56 Å². The number of aromatic nitrogens is 3. The molecule has 1 N–H and O–H groups in total. The first-order valence-electron chi connectivity index (χ1n) is 9.23. The zero-order valence-corrected chi connectivity index (χ0v) is 15.6. The fourth-order valence-corrected chi connectivity index (χ4v) is 3.24. The van der Waals surface area contributed by atoms with Crippen LogP contribution in [0.25, 0.3) is 0 Å². The molecular weight excluding hydrogens is 328 g/mol. The number of urea groups is 1. The monoisotopic (exact) mass is 356 g/mol. The van der Waals surface area contributed by atoms with Gasteiger partial charge in [0.15, 0.2) is 5.82 Å². The summed E-state index contributed by atoms with van der Waals surface area (Å²) in [5.41, 5.74) is 1.28. The van der Waals surface area contributed by atoms with Crippen molar-refractivity contribution >= 4 is 11.8 Å². The third-order valence-corrected chi connectivity index (χ3v) is 4.80. The molecule has 2 aromatic rings. The first kappa shape index (κ1) is 18.4. The molecule has 7 nitrogen and oxygen atoms in total. The summed E-state index contributed by atoms with van der Waals surface area (Å²) in [5.74, 6) is 1.24. The van der Waals surface area contributed by atoms with Crippen LogP contribution in [-0.4, -0.2) is 64.3 Å². The van der Waals surface area contributed by atoms with Crippen LogP contribution in [0.5, 0.6) is 0 Å². The first-order valence-corrected chi connectivity index (χ1v) is 9.23. The number of amides is 2. The molecule has 0 atom stereocenters. The summed E-state index contributed by atoms with van der Waals surface area (Å²) in [4.78, 5) is 20.6. The molecule has 26 heavy (non-hydrogen) atoms. The maximum absolute atomic E-state index is 12.5. The van der Waals surface area contributed by atoms with Crippen molar-refractivity contribution in [3.05, 3.63) is 42.4 Å².